The van der Waals surface area contributed by atoms with Crippen molar-refractivity contribution in [3.8, 4) is 11.3 Å². The zero-order chi connectivity index (χ0) is 14.7. The van der Waals surface area contributed by atoms with Crippen molar-refractivity contribution in [3.63, 3.8) is 0 Å². The van der Waals surface area contributed by atoms with E-state index in [4.69, 9.17) is 5.10 Å². The molecule has 1 fully saturated rings. The van der Waals surface area contributed by atoms with Crippen LogP contribution >= 0.6 is 15.9 Å². The summed E-state index contributed by atoms with van der Waals surface area (Å²) >= 11 is 3.43. The molecule has 1 aromatic heterocycles. The van der Waals surface area contributed by atoms with Gasteiger partial charge in [-0.1, -0.05) is 53.7 Å². The van der Waals surface area contributed by atoms with Crippen molar-refractivity contribution < 1.29 is 4.79 Å². The Morgan fingerprint density at radius 3 is 2.38 bits per heavy atom. The topological polar surface area (TPSA) is 34.9 Å². The van der Waals surface area contributed by atoms with Gasteiger partial charge in [0.15, 0.2) is 6.29 Å². The van der Waals surface area contributed by atoms with Crippen LogP contribution in [0.25, 0.3) is 11.3 Å². The van der Waals surface area contributed by atoms with E-state index in [-0.39, 0.29) is 0 Å². The maximum Gasteiger partial charge on any atom is 0.153 e. The van der Waals surface area contributed by atoms with Crippen molar-refractivity contribution in [2.75, 3.05) is 0 Å². The maximum atomic E-state index is 11.4. The number of aromatic nitrogens is 2. The SMILES string of the molecule is O=Cc1cn(C2CCCCCC2)nc1-c1ccc(Br)cc1. The molecule has 2 aromatic rings. The van der Waals surface area contributed by atoms with E-state index in [9.17, 15) is 4.79 Å². The molecule has 0 saturated heterocycles. The van der Waals surface area contributed by atoms with Crippen LogP contribution in [-0.2, 0) is 0 Å². The van der Waals surface area contributed by atoms with Crippen molar-refractivity contribution in [2.45, 2.75) is 44.6 Å². The van der Waals surface area contributed by atoms with E-state index >= 15 is 0 Å². The lowest BCUT2D eigenvalue weighted by atomic mass is 10.1. The molecule has 1 aliphatic rings. The second kappa shape index (κ2) is 6.56. The monoisotopic (exact) mass is 346 g/mol. The molecule has 21 heavy (non-hydrogen) atoms. The van der Waals surface area contributed by atoms with Gasteiger partial charge >= 0.3 is 0 Å². The molecule has 0 unspecified atom stereocenters. The fourth-order valence-corrected chi connectivity index (χ4v) is 3.30. The van der Waals surface area contributed by atoms with Gasteiger partial charge in [0.05, 0.1) is 11.6 Å². The molecule has 3 rings (SSSR count). The summed E-state index contributed by atoms with van der Waals surface area (Å²) in [4.78, 5) is 11.4. The van der Waals surface area contributed by atoms with Crippen LogP contribution in [0.15, 0.2) is 34.9 Å². The van der Waals surface area contributed by atoms with Gasteiger partial charge in [-0.05, 0) is 25.0 Å². The zero-order valence-corrected chi connectivity index (χ0v) is 13.6. The first-order valence-electron chi connectivity index (χ1n) is 7.58. The highest BCUT2D eigenvalue weighted by Gasteiger charge is 2.18. The number of benzene rings is 1. The summed E-state index contributed by atoms with van der Waals surface area (Å²) in [6, 6.07) is 8.40. The summed E-state index contributed by atoms with van der Waals surface area (Å²) in [5, 5.41) is 4.72. The van der Waals surface area contributed by atoms with Crippen LogP contribution in [0.2, 0.25) is 0 Å². The molecule has 0 radical (unpaired) electrons. The van der Waals surface area contributed by atoms with E-state index in [2.05, 4.69) is 15.9 Å². The molecular weight excluding hydrogens is 328 g/mol. The Kier molecular flexibility index (Phi) is 4.54. The van der Waals surface area contributed by atoms with E-state index in [1.165, 1.54) is 38.5 Å². The average Bonchev–Trinajstić information content (AvgIpc) is 2.75. The number of carbonyl (C=O) groups excluding carboxylic acids is 1. The van der Waals surface area contributed by atoms with Crippen molar-refractivity contribution >= 4 is 22.2 Å². The van der Waals surface area contributed by atoms with Crippen molar-refractivity contribution in [1.29, 1.82) is 0 Å². The van der Waals surface area contributed by atoms with Gasteiger partial charge in [-0.15, -0.1) is 0 Å². The maximum absolute atomic E-state index is 11.4. The molecule has 0 amide bonds. The van der Waals surface area contributed by atoms with E-state index in [1.807, 2.05) is 35.1 Å². The summed E-state index contributed by atoms with van der Waals surface area (Å²) in [5.74, 6) is 0. The van der Waals surface area contributed by atoms with Crippen LogP contribution in [-0.4, -0.2) is 16.1 Å². The molecular formula is C17H19BrN2O. The minimum atomic E-state index is 0.440. The normalized spacial score (nSPS) is 16.6. The molecule has 1 saturated carbocycles. The Labute approximate surface area is 133 Å². The van der Waals surface area contributed by atoms with E-state index in [0.717, 1.165) is 22.0 Å². The van der Waals surface area contributed by atoms with Crippen LogP contribution in [0.5, 0.6) is 0 Å². The molecule has 0 atom stereocenters. The minimum Gasteiger partial charge on any atom is -0.298 e. The molecule has 0 bridgehead atoms. The van der Waals surface area contributed by atoms with Gasteiger partial charge in [-0.2, -0.15) is 5.10 Å². The number of nitrogens with zero attached hydrogens (tertiary/aromatic N) is 2. The predicted octanol–water partition coefficient (Wildman–Crippen LogP) is 5.02. The fraction of sp³-hybridized carbons (Fsp3) is 0.412. The number of hydrogen-bond donors (Lipinski definition) is 0. The van der Waals surface area contributed by atoms with Crippen LogP contribution in [0.4, 0.5) is 0 Å². The number of rotatable bonds is 3. The number of carbonyl (C=O) groups is 1. The van der Waals surface area contributed by atoms with Gasteiger partial charge in [-0.3, -0.25) is 9.48 Å². The zero-order valence-electron chi connectivity index (χ0n) is 12.0. The molecule has 1 heterocycles. The second-order valence-corrected chi connectivity index (χ2v) is 6.60. The highest BCUT2D eigenvalue weighted by molar-refractivity contribution is 9.10. The van der Waals surface area contributed by atoms with Crippen LogP contribution in [0.1, 0.15) is 54.9 Å². The highest BCUT2D eigenvalue weighted by Crippen LogP contribution is 2.30. The third kappa shape index (κ3) is 3.26. The third-order valence-electron chi connectivity index (χ3n) is 4.20. The standard InChI is InChI=1S/C17H19BrN2O/c18-15-9-7-13(8-10-15)17-14(12-21)11-20(19-17)16-5-3-1-2-4-6-16/h7-12,16H,1-6H2. The highest BCUT2D eigenvalue weighted by atomic mass is 79.9. The average molecular weight is 347 g/mol. The van der Waals surface area contributed by atoms with E-state index < -0.39 is 0 Å². The molecule has 3 nitrogen and oxygen atoms in total. The minimum absolute atomic E-state index is 0.440. The first-order valence-corrected chi connectivity index (χ1v) is 8.37. The van der Waals surface area contributed by atoms with Crippen molar-refractivity contribution in [1.82, 2.24) is 9.78 Å². The van der Waals surface area contributed by atoms with Crippen LogP contribution in [0.3, 0.4) is 0 Å². The lowest BCUT2D eigenvalue weighted by molar-refractivity contribution is 0.112. The molecule has 1 aromatic carbocycles. The summed E-state index contributed by atoms with van der Waals surface area (Å²) in [5.41, 5.74) is 2.47. The molecule has 0 N–H and O–H groups in total. The summed E-state index contributed by atoms with van der Waals surface area (Å²) < 4.78 is 3.05. The number of hydrogen-bond acceptors (Lipinski definition) is 2. The summed E-state index contributed by atoms with van der Waals surface area (Å²) in [6.07, 6.45) is 10.3. The first kappa shape index (κ1) is 14.5. The smallest absolute Gasteiger partial charge is 0.153 e. The number of aldehydes is 1. The first-order chi connectivity index (χ1) is 10.3. The molecule has 0 aliphatic heterocycles. The summed E-state index contributed by atoms with van der Waals surface area (Å²) in [6.45, 7) is 0. The summed E-state index contributed by atoms with van der Waals surface area (Å²) in [7, 11) is 0. The largest absolute Gasteiger partial charge is 0.298 e. The lowest BCUT2D eigenvalue weighted by Crippen LogP contribution is -2.08. The van der Waals surface area contributed by atoms with Crippen molar-refractivity contribution in [3.05, 3.63) is 40.5 Å². The molecule has 110 valence electrons. The molecule has 4 heteroatoms. The Morgan fingerprint density at radius 1 is 1.10 bits per heavy atom. The van der Waals surface area contributed by atoms with Crippen molar-refractivity contribution in [2.24, 2.45) is 0 Å². The second-order valence-electron chi connectivity index (χ2n) is 5.68. The van der Waals surface area contributed by atoms with Gasteiger partial charge < -0.3 is 0 Å². The van der Waals surface area contributed by atoms with Gasteiger partial charge in [0, 0.05) is 16.2 Å². The van der Waals surface area contributed by atoms with Gasteiger partial charge in [0.1, 0.15) is 5.69 Å². The fourth-order valence-electron chi connectivity index (χ4n) is 3.03. The predicted molar refractivity (Wildman–Crippen MR) is 87.5 cm³/mol. The Morgan fingerprint density at radius 2 is 1.76 bits per heavy atom. The molecule has 1 aliphatic carbocycles. The van der Waals surface area contributed by atoms with Crippen LogP contribution in [0, 0.1) is 0 Å². The van der Waals surface area contributed by atoms with E-state index in [1.54, 1.807) is 0 Å². The number of halogens is 1. The van der Waals surface area contributed by atoms with Gasteiger partial charge in [-0.25, -0.2) is 0 Å². The lowest BCUT2D eigenvalue weighted by Gasteiger charge is -2.14. The third-order valence-corrected chi connectivity index (χ3v) is 4.73. The van der Waals surface area contributed by atoms with Gasteiger partial charge in [0.2, 0.25) is 0 Å². The Hall–Kier alpha value is -1.42. The Bertz CT molecular complexity index is 610. The van der Waals surface area contributed by atoms with E-state index in [0.29, 0.717) is 11.6 Å². The van der Waals surface area contributed by atoms with Gasteiger partial charge in [0.25, 0.3) is 0 Å². The molecule has 0 spiro atoms. The Balaban J connectivity index is 1.93. The van der Waals surface area contributed by atoms with Crippen LogP contribution < -0.4 is 0 Å². The quantitative estimate of drug-likeness (QED) is 0.577.